The minimum absolute atomic E-state index is 0.0288. The Morgan fingerprint density at radius 2 is 1.45 bits per heavy atom. The number of carbonyl (C=O) groups is 2. The topological polar surface area (TPSA) is 156 Å². The number of benzene rings is 2. The molecule has 0 aliphatic carbocycles. The van der Waals surface area contributed by atoms with Crippen LogP contribution in [0.3, 0.4) is 0 Å². The van der Waals surface area contributed by atoms with E-state index in [1.165, 1.54) is 57.7 Å². The van der Waals surface area contributed by atoms with Crippen molar-refractivity contribution in [2.24, 2.45) is 5.14 Å². The maximum atomic E-state index is 12.9. The zero-order valence-corrected chi connectivity index (χ0v) is 19.4. The summed E-state index contributed by atoms with van der Waals surface area (Å²) in [5.41, 5.74) is 0.570. The molecule has 1 heterocycles. The summed E-state index contributed by atoms with van der Waals surface area (Å²) in [5.74, 6) is -0.495. The zero-order chi connectivity index (χ0) is 24.2. The van der Waals surface area contributed by atoms with Gasteiger partial charge in [-0.15, -0.1) is 0 Å². The molecule has 0 spiro atoms. The summed E-state index contributed by atoms with van der Waals surface area (Å²) >= 11 is 0. The number of hydrogen-bond donors (Lipinski definition) is 2. The largest absolute Gasteiger partial charge is 0.450 e. The van der Waals surface area contributed by atoms with Gasteiger partial charge in [0.25, 0.3) is 5.91 Å². The van der Waals surface area contributed by atoms with Gasteiger partial charge in [-0.1, -0.05) is 0 Å². The SMILES string of the molecule is CCOC(=O)N1CCN(S(=O)(=O)c2ccc(C(=O)Nc3ccc(S(N)(=O)=O)cc3)cc2)CC1. The molecule has 0 radical (unpaired) electrons. The molecule has 3 N–H and O–H groups in total. The van der Waals surface area contributed by atoms with Crippen LogP contribution in [0.15, 0.2) is 58.3 Å². The van der Waals surface area contributed by atoms with E-state index in [1.807, 2.05) is 0 Å². The molecule has 11 nitrogen and oxygen atoms in total. The van der Waals surface area contributed by atoms with Crippen LogP contribution >= 0.6 is 0 Å². The first kappa shape index (κ1) is 24.6. The van der Waals surface area contributed by atoms with Crippen LogP contribution in [0.25, 0.3) is 0 Å². The quantitative estimate of drug-likeness (QED) is 0.605. The molecule has 2 aromatic carbocycles. The van der Waals surface area contributed by atoms with Crippen LogP contribution in [-0.2, 0) is 24.8 Å². The van der Waals surface area contributed by atoms with Crippen molar-refractivity contribution in [1.82, 2.24) is 9.21 Å². The van der Waals surface area contributed by atoms with E-state index in [9.17, 15) is 26.4 Å². The summed E-state index contributed by atoms with van der Waals surface area (Å²) in [6.07, 6.45) is -0.468. The third-order valence-corrected chi connectivity index (χ3v) is 7.80. The molecular formula is C20H24N4O7S2. The fourth-order valence-corrected chi connectivity index (χ4v) is 5.12. The van der Waals surface area contributed by atoms with Gasteiger partial charge in [0.05, 0.1) is 16.4 Å². The van der Waals surface area contributed by atoms with Gasteiger partial charge in [-0.3, -0.25) is 4.79 Å². The standard InChI is InChI=1S/C20H24N4O7S2/c1-2-31-20(26)23-11-13-24(14-12-23)33(29,30)18-7-3-15(4-8-18)19(25)22-16-5-9-17(10-6-16)32(21,27)28/h3-10H,2,11-14H2,1H3,(H,22,25)(H2,21,27,28). The minimum atomic E-state index is -3.84. The van der Waals surface area contributed by atoms with Crippen LogP contribution in [0, 0.1) is 0 Å². The molecule has 1 saturated heterocycles. The minimum Gasteiger partial charge on any atom is -0.450 e. The van der Waals surface area contributed by atoms with Crippen LogP contribution < -0.4 is 10.5 Å². The number of sulfonamides is 2. The Hall–Kier alpha value is -3.00. The second-order valence-corrected chi connectivity index (χ2v) is 10.6. The van der Waals surface area contributed by atoms with E-state index < -0.39 is 32.0 Å². The van der Waals surface area contributed by atoms with E-state index in [0.29, 0.717) is 5.69 Å². The number of carbonyl (C=O) groups excluding carboxylic acids is 2. The average Bonchev–Trinajstić information content (AvgIpc) is 2.79. The van der Waals surface area contributed by atoms with Crippen molar-refractivity contribution in [2.45, 2.75) is 16.7 Å². The number of primary sulfonamides is 1. The van der Waals surface area contributed by atoms with Crippen LogP contribution in [0.2, 0.25) is 0 Å². The van der Waals surface area contributed by atoms with Crippen molar-refractivity contribution >= 4 is 37.7 Å². The van der Waals surface area contributed by atoms with Gasteiger partial charge in [0.15, 0.2) is 0 Å². The number of piperazine rings is 1. The highest BCUT2D eigenvalue weighted by Gasteiger charge is 2.30. The zero-order valence-electron chi connectivity index (χ0n) is 17.8. The summed E-state index contributed by atoms with van der Waals surface area (Å²) in [5, 5.41) is 7.64. The molecular weight excluding hydrogens is 472 g/mol. The van der Waals surface area contributed by atoms with Gasteiger partial charge in [0.2, 0.25) is 20.0 Å². The number of nitrogens with one attached hydrogen (secondary N) is 1. The molecule has 0 saturated carbocycles. The van der Waals surface area contributed by atoms with Crippen molar-refractivity contribution in [3.05, 3.63) is 54.1 Å². The Morgan fingerprint density at radius 1 is 0.909 bits per heavy atom. The van der Waals surface area contributed by atoms with Crippen LogP contribution in [0.1, 0.15) is 17.3 Å². The molecule has 3 rings (SSSR count). The molecule has 2 aromatic rings. The van der Waals surface area contributed by atoms with Crippen molar-refractivity contribution in [1.29, 1.82) is 0 Å². The predicted molar refractivity (Wildman–Crippen MR) is 120 cm³/mol. The van der Waals surface area contributed by atoms with Crippen molar-refractivity contribution in [2.75, 3.05) is 38.1 Å². The maximum Gasteiger partial charge on any atom is 0.409 e. The van der Waals surface area contributed by atoms with Gasteiger partial charge in [-0.25, -0.2) is 26.8 Å². The molecule has 178 valence electrons. The normalized spacial score (nSPS) is 15.2. The van der Waals surface area contributed by atoms with Crippen molar-refractivity contribution < 1.29 is 31.2 Å². The molecule has 0 bridgehead atoms. The summed E-state index contributed by atoms with van der Waals surface area (Å²) in [6.45, 7) is 2.67. The van der Waals surface area contributed by atoms with E-state index in [2.05, 4.69) is 5.32 Å². The monoisotopic (exact) mass is 496 g/mol. The maximum absolute atomic E-state index is 12.9. The first-order valence-corrected chi connectivity index (χ1v) is 13.0. The lowest BCUT2D eigenvalue weighted by molar-refractivity contribution is 0.0933. The molecule has 2 amide bonds. The number of nitrogens with zero attached hydrogens (tertiary/aromatic N) is 2. The molecule has 1 aliphatic rings. The summed E-state index contributed by atoms with van der Waals surface area (Å²) in [4.78, 5) is 25.6. The molecule has 0 atom stereocenters. The summed E-state index contributed by atoms with van der Waals surface area (Å²) in [6, 6.07) is 10.8. The first-order chi connectivity index (χ1) is 15.5. The molecule has 0 unspecified atom stereocenters. The third kappa shape index (κ3) is 5.87. The lowest BCUT2D eigenvalue weighted by Crippen LogP contribution is -2.50. The van der Waals surface area contributed by atoms with E-state index in [-0.39, 0.29) is 48.1 Å². The highest BCUT2D eigenvalue weighted by molar-refractivity contribution is 7.89. The van der Waals surface area contributed by atoms with Gasteiger partial charge in [-0.2, -0.15) is 4.31 Å². The number of amides is 2. The Labute approximate surface area is 192 Å². The molecule has 1 fully saturated rings. The van der Waals surface area contributed by atoms with Gasteiger partial charge < -0.3 is 15.0 Å². The second kappa shape index (κ2) is 9.87. The van der Waals surface area contributed by atoms with Gasteiger partial charge in [-0.05, 0) is 55.5 Å². The van der Waals surface area contributed by atoms with Crippen molar-refractivity contribution in [3.63, 3.8) is 0 Å². The van der Waals surface area contributed by atoms with Gasteiger partial charge >= 0.3 is 6.09 Å². The van der Waals surface area contributed by atoms with Gasteiger partial charge in [0, 0.05) is 37.4 Å². The molecule has 1 aliphatic heterocycles. The van der Waals surface area contributed by atoms with E-state index in [4.69, 9.17) is 9.88 Å². The van der Waals surface area contributed by atoms with Crippen LogP contribution in [0.5, 0.6) is 0 Å². The Balaban J connectivity index is 1.64. The number of nitrogens with two attached hydrogens (primary N) is 1. The average molecular weight is 497 g/mol. The molecule has 33 heavy (non-hydrogen) atoms. The number of anilines is 1. The Bertz CT molecular complexity index is 1220. The Morgan fingerprint density at radius 3 is 1.97 bits per heavy atom. The predicted octanol–water partition coefficient (Wildman–Crippen LogP) is 1.05. The number of hydrogen-bond acceptors (Lipinski definition) is 7. The summed E-state index contributed by atoms with van der Waals surface area (Å²) in [7, 11) is -7.63. The Kier molecular flexibility index (Phi) is 7.37. The van der Waals surface area contributed by atoms with E-state index in [0.717, 1.165) is 0 Å². The number of rotatable bonds is 6. The van der Waals surface area contributed by atoms with Gasteiger partial charge in [0.1, 0.15) is 0 Å². The van der Waals surface area contributed by atoms with E-state index >= 15 is 0 Å². The smallest absolute Gasteiger partial charge is 0.409 e. The highest BCUT2D eigenvalue weighted by atomic mass is 32.2. The molecule has 13 heteroatoms. The fourth-order valence-electron chi connectivity index (χ4n) is 3.18. The highest BCUT2D eigenvalue weighted by Crippen LogP contribution is 2.20. The van der Waals surface area contributed by atoms with Crippen molar-refractivity contribution in [3.8, 4) is 0 Å². The van der Waals surface area contributed by atoms with E-state index in [1.54, 1.807) is 6.92 Å². The molecule has 0 aromatic heterocycles. The first-order valence-electron chi connectivity index (χ1n) is 9.98. The van der Waals surface area contributed by atoms with Crippen LogP contribution in [-0.4, -0.2) is 70.8 Å². The van der Waals surface area contributed by atoms with Crippen LogP contribution in [0.4, 0.5) is 10.5 Å². The fraction of sp³-hybridized carbons (Fsp3) is 0.300. The third-order valence-electron chi connectivity index (χ3n) is 4.96. The lowest BCUT2D eigenvalue weighted by Gasteiger charge is -2.33. The second-order valence-electron chi connectivity index (χ2n) is 7.14. The number of ether oxygens (including phenoxy) is 1. The lowest BCUT2D eigenvalue weighted by atomic mass is 10.2. The summed E-state index contributed by atoms with van der Waals surface area (Å²) < 4.78 is 54.6.